The van der Waals surface area contributed by atoms with Crippen molar-refractivity contribution in [1.29, 1.82) is 0 Å². The second-order valence-electron chi connectivity index (χ2n) is 8.91. The summed E-state index contributed by atoms with van der Waals surface area (Å²) >= 11 is 0. The number of hydrogen-bond donors (Lipinski definition) is 1. The largest absolute Gasteiger partial charge is 0.461 e. The fourth-order valence-corrected chi connectivity index (χ4v) is 5.14. The first kappa shape index (κ1) is 21.6. The number of carbonyl (C=O) groups is 5. The van der Waals surface area contributed by atoms with E-state index in [1.165, 1.54) is 13.0 Å². The van der Waals surface area contributed by atoms with Crippen molar-refractivity contribution >= 4 is 29.3 Å². The van der Waals surface area contributed by atoms with Crippen LogP contribution >= 0.6 is 0 Å². The number of ether oxygens (including phenoxy) is 3. The van der Waals surface area contributed by atoms with Gasteiger partial charge in [0.15, 0.2) is 23.3 Å². The number of esters is 2. The highest BCUT2D eigenvalue weighted by Crippen LogP contribution is 2.51. The molecule has 2 fully saturated rings. The summed E-state index contributed by atoms with van der Waals surface area (Å²) < 4.78 is 16.1. The molecule has 0 unspecified atom stereocenters. The number of epoxide rings is 1. The zero-order valence-corrected chi connectivity index (χ0v) is 17.9. The number of rotatable bonds is 4. The van der Waals surface area contributed by atoms with Crippen LogP contribution in [0.1, 0.15) is 41.0 Å². The molecule has 31 heavy (non-hydrogen) atoms. The average Bonchev–Trinajstić information content (AvgIpc) is 3.10. The van der Waals surface area contributed by atoms with E-state index in [2.05, 4.69) is 0 Å². The molecule has 7 atom stereocenters. The lowest BCUT2D eigenvalue weighted by atomic mass is 9.78. The van der Waals surface area contributed by atoms with E-state index in [1.807, 2.05) is 0 Å². The lowest BCUT2D eigenvalue weighted by molar-refractivity contribution is -0.158. The van der Waals surface area contributed by atoms with E-state index in [4.69, 9.17) is 14.2 Å². The van der Waals surface area contributed by atoms with Gasteiger partial charge in [-0.05, 0) is 39.3 Å². The van der Waals surface area contributed by atoms with Crippen molar-refractivity contribution in [2.75, 3.05) is 0 Å². The van der Waals surface area contributed by atoms with E-state index in [0.717, 1.165) is 6.92 Å². The lowest BCUT2D eigenvalue weighted by Gasteiger charge is -2.34. The summed E-state index contributed by atoms with van der Waals surface area (Å²) in [5.74, 6) is -5.97. The Morgan fingerprint density at radius 3 is 2.39 bits per heavy atom. The monoisotopic (exact) mass is 432 g/mol. The van der Waals surface area contributed by atoms with Gasteiger partial charge >= 0.3 is 11.9 Å². The number of ketones is 3. The summed E-state index contributed by atoms with van der Waals surface area (Å²) in [6.45, 7) is 7.59. The van der Waals surface area contributed by atoms with Crippen molar-refractivity contribution in [3.8, 4) is 0 Å². The summed E-state index contributed by atoms with van der Waals surface area (Å²) in [6, 6.07) is 0. The van der Waals surface area contributed by atoms with E-state index in [1.54, 1.807) is 20.8 Å². The number of hydrogen-bond acceptors (Lipinski definition) is 9. The molecule has 2 saturated heterocycles. The minimum absolute atomic E-state index is 0.0510. The Labute approximate surface area is 178 Å². The highest BCUT2D eigenvalue weighted by molar-refractivity contribution is 6.36. The van der Waals surface area contributed by atoms with Crippen molar-refractivity contribution in [3.05, 3.63) is 22.8 Å². The molecule has 4 aliphatic rings. The predicted octanol–water partition coefficient (Wildman–Crippen LogP) is 0.372. The lowest BCUT2D eigenvalue weighted by Crippen LogP contribution is -2.50. The van der Waals surface area contributed by atoms with Gasteiger partial charge in [-0.15, -0.1) is 0 Å². The quantitative estimate of drug-likeness (QED) is 0.379. The standard InChI is InChI=1S/C22H24O9/c1-8-6-13(24)16-9(2)12(7-14(25)21(5)10(3)31-21)18(29-11(4)23)15-17(26)20(27)30-19(15)22(8,16)28/h6,10,12,15,18-19,28H,7H2,1-5H3/t10-,12+,15+,18-,19-,21+,22+/m0/s1. The van der Waals surface area contributed by atoms with Crippen LogP contribution in [0.25, 0.3) is 0 Å². The van der Waals surface area contributed by atoms with Crippen LogP contribution in [-0.2, 0) is 38.2 Å². The maximum Gasteiger partial charge on any atom is 0.375 e. The van der Waals surface area contributed by atoms with Gasteiger partial charge < -0.3 is 19.3 Å². The van der Waals surface area contributed by atoms with E-state index < -0.39 is 58.8 Å². The number of Topliss-reactive ketones (excluding diaryl/α,β-unsaturated/α-hetero) is 2. The SMILES string of the molecule is CC(=O)O[C@@H]1[C@H]2C(=O)C(=O)O[C@@H]2[C@@]2(O)C(C)=CC(=O)C2=C(C)[C@H]1CC(=O)[C@]1(C)O[C@H]1C. The Morgan fingerprint density at radius 2 is 1.84 bits per heavy atom. The maximum atomic E-state index is 13.0. The van der Waals surface area contributed by atoms with E-state index >= 15 is 0 Å². The molecule has 0 radical (unpaired) electrons. The summed E-state index contributed by atoms with van der Waals surface area (Å²) in [5, 5.41) is 11.6. The van der Waals surface area contributed by atoms with Crippen LogP contribution in [0, 0.1) is 11.8 Å². The summed E-state index contributed by atoms with van der Waals surface area (Å²) in [5.41, 5.74) is -2.59. The van der Waals surface area contributed by atoms with E-state index in [0.29, 0.717) is 5.57 Å². The summed E-state index contributed by atoms with van der Waals surface area (Å²) in [6.07, 6.45) is -2.00. The number of aliphatic hydroxyl groups is 1. The minimum Gasteiger partial charge on any atom is -0.461 e. The minimum atomic E-state index is -2.04. The summed E-state index contributed by atoms with van der Waals surface area (Å²) in [4.78, 5) is 62.8. The van der Waals surface area contributed by atoms with E-state index in [9.17, 15) is 29.1 Å². The average molecular weight is 432 g/mol. The number of allylic oxidation sites excluding steroid dienone is 1. The molecule has 0 aromatic carbocycles. The second kappa shape index (κ2) is 6.67. The highest BCUT2D eigenvalue weighted by atomic mass is 16.6. The molecule has 2 aliphatic carbocycles. The van der Waals surface area contributed by atoms with Gasteiger partial charge in [0.1, 0.15) is 17.6 Å². The number of fused-ring (bicyclic) bond motifs is 3. The van der Waals surface area contributed by atoms with Gasteiger partial charge in [0.25, 0.3) is 5.78 Å². The van der Waals surface area contributed by atoms with Gasteiger partial charge in [0, 0.05) is 24.8 Å². The second-order valence-corrected chi connectivity index (χ2v) is 8.91. The van der Waals surface area contributed by atoms with Crippen molar-refractivity contribution in [1.82, 2.24) is 0 Å². The smallest absolute Gasteiger partial charge is 0.375 e. The fraction of sp³-hybridized carbons (Fsp3) is 0.591. The highest BCUT2D eigenvalue weighted by Gasteiger charge is 2.66. The molecule has 0 saturated carbocycles. The Bertz CT molecular complexity index is 1000. The Morgan fingerprint density at radius 1 is 1.23 bits per heavy atom. The van der Waals surface area contributed by atoms with Crippen LogP contribution in [0.5, 0.6) is 0 Å². The molecule has 9 nitrogen and oxygen atoms in total. The van der Waals surface area contributed by atoms with Crippen molar-refractivity contribution in [2.24, 2.45) is 11.8 Å². The van der Waals surface area contributed by atoms with Gasteiger partial charge in [-0.2, -0.15) is 0 Å². The predicted molar refractivity (Wildman–Crippen MR) is 102 cm³/mol. The van der Waals surface area contributed by atoms with Crippen LogP contribution in [-0.4, -0.2) is 63.9 Å². The molecule has 9 heteroatoms. The van der Waals surface area contributed by atoms with Gasteiger partial charge in [0.05, 0.1) is 6.10 Å². The molecule has 0 aromatic rings. The van der Waals surface area contributed by atoms with Crippen LogP contribution in [0.4, 0.5) is 0 Å². The van der Waals surface area contributed by atoms with Gasteiger partial charge in [-0.1, -0.05) is 5.57 Å². The zero-order chi connectivity index (χ0) is 23.0. The molecule has 166 valence electrons. The Kier molecular flexibility index (Phi) is 4.64. The van der Waals surface area contributed by atoms with Gasteiger partial charge in [0.2, 0.25) is 0 Å². The van der Waals surface area contributed by atoms with Crippen LogP contribution in [0.15, 0.2) is 22.8 Å². The van der Waals surface area contributed by atoms with Crippen LogP contribution in [0.3, 0.4) is 0 Å². The van der Waals surface area contributed by atoms with Gasteiger partial charge in [-0.3, -0.25) is 19.2 Å². The van der Waals surface area contributed by atoms with Crippen LogP contribution in [0.2, 0.25) is 0 Å². The van der Waals surface area contributed by atoms with Crippen molar-refractivity contribution in [3.63, 3.8) is 0 Å². The first-order valence-corrected chi connectivity index (χ1v) is 10.1. The van der Waals surface area contributed by atoms with E-state index in [-0.39, 0.29) is 29.5 Å². The molecule has 0 amide bonds. The zero-order valence-electron chi connectivity index (χ0n) is 17.9. The number of carbonyl (C=O) groups excluding carboxylic acids is 5. The molecular formula is C22H24O9. The molecular weight excluding hydrogens is 408 g/mol. The Hall–Kier alpha value is -2.65. The van der Waals surface area contributed by atoms with Crippen molar-refractivity contribution in [2.45, 2.75) is 70.6 Å². The normalized spacial score (nSPS) is 41.3. The molecule has 2 heterocycles. The fourth-order valence-electron chi connectivity index (χ4n) is 5.14. The maximum absolute atomic E-state index is 13.0. The van der Waals surface area contributed by atoms with Gasteiger partial charge in [-0.25, -0.2) is 4.79 Å². The first-order valence-electron chi connectivity index (χ1n) is 10.1. The topological polar surface area (TPSA) is 137 Å². The first-order chi connectivity index (χ1) is 14.3. The molecule has 0 aromatic heterocycles. The third-order valence-corrected chi connectivity index (χ3v) is 7.15. The molecule has 0 bridgehead atoms. The molecule has 2 aliphatic heterocycles. The third kappa shape index (κ3) is 2.86. The third-order valence-electron chi connectivity index (χ3n) is 7.15. The summed E-state index contributed by atoms with van der Waals surface area (Å²) in [7, 11) is 0. The molecule has 4 rings (SSSR count). The van der Waals surface area contributed by atoms with Crippen LogP contribution < -0.4 is 0 Å². The molecule has 0 spiro atoms. The molecule has 1 N–H and O–H groups in total. The Balaban J connectivity index is 1.89. The van der Waals surface area contributed by atoms with Crippen molar-refractivity contribution < 1.29 is 43.3 Å².